The van der Waals surface area contributed by atoms with Gasteiger partial charge in [0.15, 0.2) is 0 Å². The first kappa shape index (κ1) is 19.2. The van der Waals surface area contributed by atoms with Crippen LogP contribution in [-0.4, -0.2) is 47.0 Å². The number of nitriles is 1. The zero-order chi connectivity index (χ0) is 19.0. The molecule has 1 saturated heterocycles. The molecule has 4 rings (SSSR count). The van der Waals surface area contributed by atoms with Gasteiger partial charge in [-0.15, -0.1) is 0 Å². The largest absolute Gasteiger partial charge is 0.460 e. The van der Waals surface area contributed by atoms with E-state index >= 15 is 0 Å². The molecule has 0 radical (unpaired) electrons. The minimum absolute atomic E-state index is 0.0259. The van der Waals surface area contributed by atoms with Crippen molar-refractivity contribution in [1.82, 2.24) is 10.2 Å². The van der Waals surface area contributed by atoms with E-state index in [1.165, 1.54) is 0 Å². The molecule has 4 aliphatic rings. The van der Waals surface area contributed by atoms with E-state index in [9.17, 15) is 9.59 Å². The topological polar surface area (TPSA) is 82.4 Å². The third-order valence-corrected chi connectivity index (χ3v) is 6.41. The third kappa shape index (κ3) is 3.73. The van der Waals surface area contributed by atoms with Gasteiger partial charge in [-0.25, -0.2) is 0 Å². The summed E-state index contributed by atoms with van der Waals surface area (Å²) in [7, 11) is 0. The Morgan fingerprint density at radius 1 is 1.19 bits per heavy atom. The van der Waals surface area contributed by atoms with Gasteiger partial charge in [0.2, 0.25) is 5.91 Å². The van der Waals surface area contributed by atoms with Gasteiger partial charge < -0.3 is 15.0 Å². The number of hydrogen-bond donors (Lipinski definition) is 1. The first-order chi connectivity index (χ1) is 12.2. The minimum Gasteiger partial charge on any atom is -0.460 e. The molecule has 0 aromatic rings. The van der Waals surface area contributed by atoms with Crippen LogP contribution in [0, 0.1) is 16.7 Å². The fourth-order valence-corrected chi connectivity index (χ4v) is 4.71. The molecular formula is C20H31N3O3. The molecule has 1 N–H and O–H groups in total. The van der Waals surface area contributed by atoms with E-state index in [4.69, 9.17) is 10.00 Å². The van der Waals surface area contributed by atoms with Crippen molar-refractivity contribution in [3.05, 3.63) is 0 Å². The van der Waals surface area contributed by atoms with E-state index in [2.05, 4.69) is 11.4 Å². The summed E-state index contributed by atoms with van der Waals surface area (Å²) in [6.45, 7) is 6.72. The van der Waals surface area contributed by atoms with E-state index in [-0.39, 0.29) is 35.4 Å². The molecule has 6 nitrogen and oxygen atoms in total. The zero-order valence-electron chi connectivity index (χ0n) is 16.3. The average molecular weight is 361 g/mol. The molecule has 0 aromatic heterocycles. The number of ether oxygens (including phenoxy) is 1. The van der Waals surface area contributed by atoms with Crippen molar-refractivity contribution in [3.63, 3.8) is 0 Å². The summed E-state index contributed by atoms with van der Waals surface area (Å²) < 4.78 is 5.67. The van der Waals surface area contributed by atoms with Crippen LogP contribution in [0.4, 0.5) is 0 Å². The number of amides is 1. The van der Waals surface area contributed by atoms with Gasteiger partial charge in [-0.05, 0) is 72.1 Å². The lowest BCUT2D eigenvalue weighted by atomic mass is 9.57. The maximum Gasteiger partial charge on any atom is 0.312 e. The van der Waals surface area contributed by atoms with Crippen LogP contribution in [0.5, 0.6) is 0 Å². The molecular weight excluding hydrogens is 330 g/mol. The normalized spacial score (nSPS) is 33.8. The van der Waals surface area contributed by atoms with Gasteiger partial charge in [-0.1, -0.05) is 0 Å². The highest BCUT2D eigenvalue weighted by Crippen LogP contribution is 2.53. The predicted octanol–water partition coefficient (Wildman–Crippen LogP) is 2.53. The maximum atomic E-state index is 12.7. The van der Waals surface area contributed by atoms with Crippen LogP contribution in [0.1, 0.15) is 72.1 Å². The third-order valence-electron chi connectivity index (χ3n) is 6.41. The standard InChI is InChI=1S/C20H31N3O3/c1-18(2,3)26-17(25)19-6-9-20(10-7-19,11-8-19)22-14-16(24)23-12-4-5-15(23)13-21/h15,22H,4-12,14H2,1-3H3/t15-,19?,20?/m0/s1. The molecule has 4 fully saturated rings. The Kier molecular flexibility index (Phi) is 5.04. The van der Waals surface area contributed by atoms with Crippen LogP contribution < -0.4 is 5.32 Å². The van der Waals surface area contributed by atoms with Crippen LogP contribution in [0.15, 0.2) is 0 Å². The molecule has 3 saturated carbocycles. The van der Waals surface area contributed by atoms with Crippen molar-refractivity contribution >= 4 is 11.9 Å². The summed E-state index contributed by atoms with van der Waals surface area (Å²) in [5.74, 6) is -0.0266. The Labute approximate surface area is 156 Å². The van der Waals surface area contributed by atoms with Crippen LogP contribution in [0.2, 0.25) is 0 Å². The highest BCUT2D eigenvalue weighted by atomic mass is 16.6. The summed E-state index contributed by atoms with van der Waals surface area (Å²) in [4.78, 5) is 26.9. The van der Waals surface area contributed by atoms with Crippen LogP contribution >= 0.6 is 0 Å². The van der Waals surface area contributed by atoms with Crippen molar-refractivity contribution in [2.45, 2.75) is 89.3 Å². The Morgan fingerprint density at radius 3 is 2.35 bits per heavy atom. The summed E-state index contributed by atoms with van der Waals surface area (Å²) in [5, 5.41) is 12.7. The molecule has 0 aromatic carbocycles. The van der Waals surface area contributed by atoms with Crippen LogP contribution in [-0.2, 0) is 14.3 Å². The second-order valence-corrected chi connectivity index (χ2v) is 9.29. The Morgan fingerprint density at radius 2 is 1.81 bits per heavy atom. The zero-order valence-corrected chi connectivity index (χ0v) is 16.3. The summed E-state index contributed by atoms with van der Waals surface area (Å²) in [5.41, 5.74) is -0.821. The Bertz CT molecular complexity index is 592. The molecule has 0 spiro atoms. The summed E-state index contributed by atoms with van der Waals surface area (Å²) in [6, 6.07) is 1.96. The van der Waals surface area contributed by atoms with Crippen molar-refractivity contribution in [2.24, 2.45) is 5.41 Å². The van der Waals surface area contributed by atoms with E-state index in [1.54, 1.807) is 4.90 Å². The van der Waals surface area contributed by atoms with E-state index in [0.717, 1.165) is 51.4 Å². The van der Waals surface area contributed by atoms with Gasteiger partial charge in [0.05, 0.1) is 18.0 Å². The smallest absolute Gasteiger partial charge is 0.312 e. The number of rotatable bonds is 4. The van der Waals surface area contributed by atoms with Crippen molar-refractivity contribution in [1.29, 1.82) is 5.26 Å². The van der Waals surface area contributed by atoms with E-state index in [1.807, 2.05) is 20.8 Å². The van der Waals surface area contributed by atoms with Gasteiger partial charge in [-0.2, -0.15) is 5.26 Å². The number of likely N-dealkylation sites (tertiary alicyclic amines) is 1. The van der Waals surface area contributed by atoms with Gasteiger partial charge in [-0.3, -0.25) is 9.59 Å². The summed E-state index contributed by atoms with van der Waals surface area (Å²) >= 11 is 0. The highest BCUT2D eigenvalue weighted by Gasteiger charge is 2.53. The number of nitrogens with zero attached hydrogens (tertiary/aromatic N) is 2. The molecule has 26 heavy (non-hydrogen) atoms. The average Bonchev–Trinajstić information content (AvgIpc) is 3.09. The quantitative estimate of drug-likeness (QED) is 0.778. The molecule has 1 atom stereocenters. The molecule has 144 valence electrons. The maximum absolute atomic E-state index is 12.7. The molecule has 3 aliphatic carbocycles. The Balaban J connectivity index is 1.54. The second-order valence-electron chi connectivity index (χ2n) is 9.29. The SMILES string of the molecule is CC(C)(C)OC(=O)C12CCC(NCC(=O)N3CCC[C@H]3C#N)(CC1)CC2. The number of fused-ring (bicyclic) bond motifs is 3. The molecule has 6 heteroatoms. The van der Waals surface area contributed by atoms with Crippen LogP contribution in [0.25, 0.3) is 0 Å². The fraction of sp³-hybridized carbons (Fsp3) is 0.850. The highest BCUT2D eigenvalue weighted by molar-refractivity contribution is 5.80. The fourth-order valence-electron chi connectivity index (χ4n) is 4.71. The lowest BCUT2D eigenvalue weighted by Gasteiger charge is -2.52. The lowest BCUT2D eigenvalue weighted by Crippen LogP contribution is -2.59. The van der Waals surface area contributed by atoms with E-state index in [0.29, 0.717) is 6.54 Å². The second kappa shape index (κ2) is 6.84. The van der Waals surface area contributed by atoms with Gasteiger partial charge in [0.1, 0.15) is 11.6 Å². The van der Waals surface area contributed by atoms with Crippen molar-refractivity contribution in [3.8, 4) is 6.07 Å². The van der Waals surface area contributed by atoms with Gasteiger partial charge in [0, 0.05) is 12.1 Å². The van der Waals surface area contributed by atoms with Crippen molar-refractivity contribution < 1.29 is 14.3 Å². The number of nitrogens with one attached hydrogen (secondary N) is 1. The molecule has 2 bridgehead atoms. The predicted molar refractivity (Wildman–Crippen MR) is 97.1 cm³/mol. The number of carbonyl (C=O) groups is 2. The van der Waals surface area contributed by atoms with Gasteiger partial charge in [0.25, 0.3) is 0 Å². The molecule has 0 unspecified atom stereocenters. The van der Waals surface area contributed by atoms with E-state index < -0.39 is 5.60 Å². The van der Waals surface area contributed by atoms with Crippen molar-refractivity contribution in [2.75, 3.05) is 13.1 Å². The first-order valence-corrected chi connectivity index (χ1v) is 9.86. The molecule has 1 aliphatic heterocycles. The number of esters is 1. The molecule has 1 heterocycles. The number of hydrogen-bond acceptors (Lipinski definition) is 5. The number of carbonyl (C=O) groups excluding carboxylic acids is 2. The first-order valence-electron chi connectivity index (χ1n) is 9.86. The van der Waals surface area contributed by atoms with Crippen LogP contribution in [0.3, 0.4) is 0 Å². The minimum atomic E-state index is -0.449. The monoisotopic (exact) mass is 361 g/mol. The summed E-state index contributed by atoms with van der Waals surface area (Å²) in [6.07, 6.45) is 6.89. The lowest BCUT2D eigenvalue weighted by molar-refractivity contribution is -0.175. The molecule has 1 amide bonds. The van der Waals surface area contributed by atoms with Gasteiger partial charge >= 0.3 is 5.97 Å². The Hall–Kier alpha value is -1.61.